The normalized spacial score (nSPS) is 24.8. The lowest BCUT2D eigenvalue weighted by molar-refractivity contribution is -0.0363. The van der Waals surface area contributed by atoms with Crippen molar-refractivity contribution < 1.29 is 9.47 Å². The van der Waals surface area contributed by atoms with Gasteiger partial charge < -0.3 is 9.47 Å². The third-order valence-electron chi connectivity index (χ3n) is 3.31. The lowest BCUT2D eigenvalue weighted by Crippen LogP contribution is -2.27. The van der Waals surface area contributed by atoms with E-state index in [4.69, 9.17) is 9.47 Å². The van der Waals surface area contributed by atoms with E-state index in [0.717, 1.165) is 13.0 Å². The summed E-state index contributed by atoms with van der Waals surface area (Å²) in [5.41, 5.74) is 1.25. The van der Waals surface area contributed by atoms with E-state index >= 15 is 0 Å². The number of hydrogen-bond acceptors (Lipinski definition) is 2. The van der Waals surface area contributed by atoms with Crippen LogP contribution in [-0.2, 0) is 16.1 Å². The second-order valence-corrected chi connectivity index (χ2v) is 5.83. The van der Waals surface area contributed by atoms with Gasteiger partial charge in [0.25, 0.3) is 0 Å². The molecular weight excluding hydrogens is 327 g/mol. The van der Waals surface area contributed by atoms with Crippen molar-refractivity contribution >= 4 is 22.6 Å². The first-order chi connectivity index (χ1) is 8.28. The van der Waals surface area contributed by atoms with Crippen LogP contribution in [0, 0.1) is 3.57 Å². The standard InChI is InChI=1S/C14H19IO2/c1-16-13-3-2-4-14(9-13)17-10-11-5-7-12(15)8-6-11/h5-8,13-14H,2-4,9-10H2,1H3. The molecule has 0 aromatic heterocycles. The zero-order valence-electron chi connectivity index (χ0n) is 10.2. The highest BCUT2D eigenvalue weighted by Crippen LogP contribution is 2.24. The van der Waals surface area contributed by atoms with Gasteiger partial charge in [-0.15, -0.1) is 0 Å². The summed E-state index contributed by atoms with van der Waals surface area (Å²) in [4.78, 5) is 0. The molecular formula is C14H19IO2. The SMILES string of the molecule is COC1CCCC(OCc2ccc(I)cc2)C1. The Morgan fingerprint density at radius 2 is 1.88 bits per heavy atom. The summed E-state index contributed by atoms with van der Waals surface area (Å²) in [6.45, 7) is 0.720. The molecule has 2 atom stereocenters. The number of ether oxygens (including phenoxy) is 2. The molecule has 0 N–H and O–H groups in total. The Morgan fingerprint density at radius 3 is 2.59 bits per heavy atom. The Kier molecular flexibility index (Phi) is 5.25. The van der Waals surface area contributed by atoms with Gasteiger partial charge in [0.2, 0.25) is 0 Å². The lowest BCUT2D eigenvalue weighted by Gasteiger charge is -2.28. The highest BCUT2D eigenvalue weighted by molar-refractivity contribution is 14.1. The van der Waals surface area contributed by atoms with Gasteiger partial charge in [-0.3, -0.25) is 0 Å². The van der Waals surface area contributed by atoms with E-state index in [2.05, 4.69) is 46.9 Å². The molecule has 2 nitrogen and oxygen atoms in total. The first-order valence-corrected chi connectivity index (χ1v) is 7.24. The molecule has 1 saturated carbocycles. The predicted octanol–water partition coefficient (Wildman–Crippen LogP) is 3.77. The summed E-state index contributed by atoms with van der Waals surface area (Å²) in [5, 5.41) is 0. The monoisotopic (exact) mass is 346 g/mol. The van der Waals surface area contributed by atoms with E-state index in [1.807, 2.05) is 0 Å². The van der Waals surface area contributed by atoms with Gasteiger partial charge in [-0.2, -0.15) is 0 Å². The molecule has 1 aromatic carbocycles. The van der Waals surface area contributed by atoms with Gasteiger partial charge in [0.15, 0.2) is 0 Å². The van der Waals surface area contributed by atoms with Gasteiger partial charge >= 0.3 is 0 Å². The topological polar surface area (TPSA) is 18.5 Å². The van der Waals surface area contributed by atoms with E-state index in [1.165, 1.54) is 28.4 Å². The third-order valence-corrected chi connectivity index (χ3v) is 4.03. The number of halogens is 1. The van der Waals surface area contributed by atoms with Crippen molar-refractivity contribution in [2.45, 2.75) is 44.5 Å². The largest absolute Gasteiger partial charge is 0.381 e. The molecule has 3 heteroatoms. The molecule has 94 valence electrons. The van der Waals surface area contributed by atoms with Crippen molar-refractivity contribution in [3.05, 3.63) is 33.4 Å². The molecule has 0 bridgehead atoms. The maximum atomic E-state index is 5.96. The van der Waals surface area contributed by atoms with Gasteiger partial charge in [0, 0.05) is 10.7 Å². The van der Waals surface area contributed by atoms with Crippen LogP contribution >= 0.6 is 22.6 Å². The quantitative estimate of drug-likeness (QED) is 0.773. The van der Waals surface area contributed by atoms with Crippen LogP contribution in [0.3, 0.4) is 0 Å². The van der Waals surface area contributed by atoms with Crippen LogP contribution in [0.1, 0.15) is 31.2 Å². The Labute approximate surface area is 117 Å². The fourth-order valence-electron chi connectivity index (χ4n) is 2.26. The second kappa shape index (κ2) is 6.71. The molecule has 0 aliphatic heterocycles. The van der Waals surface area contributed by atoms with Crippen molar-refractivity contribution in [3.63, 3.8) is 0 Å². The second-order valence-electron chi connectivity index (χ2n) is 4.58. The van der Waals surface area contributed by atoms with E-state index in [9.17, 15) is 0 Å². The summed E-state index contributed by atoms with van der Waals surface area (Å²) < 4.78 is 12.6. The molecule has 0 heterocycles. The van der Waals surface area contributed by atoms with Crippen LogP contribution in [0.4, 0.5) is 0 Å². The molecule has 0 radical (unpaired) electrons. The molecule has 1 aromatic rings. The zero-order valence-corrected chi connectivity index (χ0v) is 12.4. The maximum absolute atomic E-state index is 5.96. The minimum absolute atomic E-state index is 0.368. The van der Waals surface area contributed by atoms with E-state index in [0.29, 0.717) is 12.2 Å². The maximum Gasteiger partial charge on any atom is 0.0720 e. The van der Waals surface area contributed by atoms with Gasteiger partial charge in [-0.25, -0.2) is 0 Å². The first kappa shape index (κ1) is 13.3. The highest BCUT2D eigenvalue weighted by atomic mass is 127. The van der Waals surface area contributed by atoms with Crippen LogP contribution in [0.25, 0.3) is 0 Å². The van der Waals surface area contributed by atoms with Crippen molar-refractivity contribution in [1.82, 2.24) is 0 Å². The van der Waals surface area contributed by atoms with E-state index in [-0.39, 0.29) is 0 Å². The number of methoxy groups -OCH3 is 1. The first-order valence-electron chi connectivity index (χ1n) is 6.17. The van der Waals surface area contributed by atoms with Crippen LogP contribution in [0.5, 0.6) is 0 Å². The summed E-state index contributed by atoms with van der Waals surface area (Å²) in [6.07, 6.45) is 5.37. The summed E-state index contributed by atoms with van der Waals surface area (Å²) in [5.74, 6) is 0. The molecule has 17 heavy (non-hydrogen) atoms. The van der Waals surface area contributed by atoms with Crippen LogP contribution in [0.15, 0.2) is 24.3 Å². The van der Waals surface area contributed by atoms with Crippen molar-refractivity contribution in [3.8, 4) is 0 Å². The van der Waals surface area contributed by atoms with Crippen LogP contribution in [-0.4, -0.2) is 19.3 Å². The molecule has 2 unspecified atom stereocenters. The Morgan fingerprint density at radius 1 is 1.18 bits per heavy atom. The lowest BCUT2D eigenvalue weighted by atomic mass is 9.95. The molecule has 1 aliphatic rings. The fourth-order valence-corrected chi connectivity index (χ4v) is 2.62. The summed E-state index contributed by atoms with van der Waals surface area (Å²) in [6, 6.07) is 8.52. The molecule has 2 rings (SSSR count). The van der Waals surface area contributed by atoms with Crippen molar-refractivity contribution in [1.29, 1.82) is 0 Å². The highest BCUT2D eigenvalue weighted by Gasteiger charge is 2.21. The van der Waals surface area contributed by atoms with Gasteiger partial charge in [0.05, 0.1) is 18.8 Å². The number of rotatable bonds is 4. The molecule has 0 saturated heterocycles. The average molecular weight is 346 g/mol. The fraction of sp³-hybridized carbons (Fsp3) is 0.571. The minimum atomic E-state index is 0.368. The van der Waals surface area contributed by atoms with Gasteiger partial charge in [-0.1, -0.05) is 12.1 Å². The molecule has 1 fully saturated rings. The van der Waals surface area contributed by atoms with E-state index in [1.54, 1.807) is 7.11 Å². The van der Waals surface area contributed by atoms with Gasteiger partial charge in [-0.05, 0) is 66.0 Å². The molecule has 0 spiro atoms. The average Bonchev–Trinajstić information content (AvgIpc) is 2.38. The number of benzene rings is 1. The van der Waals surface area contributed by atoms with Gasteiger partial charge in [0.1, 0.15) is 0 Å². The Hall–Kier alpha value is -0.130. The summed E-state index contributed by atoms with van der Waals surface area (Å²) >= 11 is 2.32. The Bertz CT molecular complexity index is 337. The van der Waals surface area contributed by atoms with E-state index < -0.39 is 0 Å². The zero-order chi connectivity index (χ0) is 12.1. The molecule has 0 amide bonds. The van der Waals surface area contributed by atoms with Crippen LogP contribution in [0.2, 0.25) is 0 Å². The molecule has 1 aliphatic carbocycles. The third kappa shape index (κ3) is 4.23. The van der Waals surface area contributed by atoms with Crippen molar-refractivity contribution in [2.75, 3.05) is 7.11 Å². The number of hydrogen-bond donors (Lipinski definition) is 0. The summed E-state index contributed by atoms with van der Waals surface area (Å²) in [7, 11) is 1.80. The van der Waals surface area contributed by atoms with Crippen LogP contribution < -0.4 is 0 Å². The minimum Gasteiger partial charge on any atom is -0.381 e. The predicted molar refractivity (Wildman–Crippen MR) is 77.0 cm³/mol. The Balaban J connectivity index is 1.79. The smallest absolute Gasteiger partial charge is 0.0720 e. The van der Waals surface area contributed by atoms with Crippen molar-refractivity contribution in [2.24, 2.45) is 0 Å².